The smallest absolute Gasteiger partial charge is 0.291 e. The molecule has 2 aromatic heterocycles. The number of hydrogen-bond donors (Lipinski definition) is 1. The predicted octanol–water partition coefficient (Wildman–Crippen LogP) is 6.06. The fourth-order valence-electron chi connectivity index (χ4n) is 5.38. The van der Waals surface area contributed by atoms with Gasteiger partial charge in [0.2, 0.25) is 0 Å². The van der Waals surface area contributed by atoms with Crippen molar-refractivity contribution in [2.24, 2.45) is 0 Å². The topological polar surface area (TPSA) is 63.9 Å². The van der Waals surface area contributed by atoms with E-state index in [0.717, 1.165) is 48.0 Å². The zero-order chi connectivity index (χ0) is 23.5. The number of piperidine rings is 1. The van der Waals surface area contributed by atoms with E-state index in [2.05, 4.69) is 16.3 Å². The molecule has 1 aliphatic heterocycles. The van der Waals surface area contributed by atoms with Crippen molar-refractivity contribution in [1.29, 1.82) is 0 Å². The van der Waals surface area contributed by atoms with Crippen LogP contribution in [0.1, 0.15) is 70.3 Å². The summed E-state index contributed by atoms with van der Waals surface area (Å²) in [5.74, 6) is 1.61. The molecule has 180 valence electrons. The molecule has 3 heterocycles. The van der Waals surface area contributed by atoms with Crippen molar-refractivity contribution in [3.8, 4) is 11.5 Å². The Labute approximate surface area is 204 Å². The van der Waals surface area contributed by atoms with Crippen LogP contribution in [0.15, 0.2) is 41.0 Å². The zero-order valence-corrected chi connectivity index (χ0v) is 20.7. The summed E-state index contributed by atoms with van der Waals surface area (Å²) in [4.78, 5) is 17.0. The molecule has 1 N–H and O–H groups in total. The number of carbonyl (C=O) groups is 1. The minimum Gasteiger partial charge on any atom is -0.493 e. The standard InChI is InChI=1S/C27H32N2O4S/c1-31-20-12-8-11-19(25(20)32-2)24(29-15-6-3-7-16-29)23-18-10-4-5-14-22(18)34-27(23)28-26(30)21-13-9-17-33-21/h8-9,11-13,17,24H,3-7,10,14-16H2,1-2H3,(H,28,30). The van der Waals surface area contributed by atoms with E-state index in [9.17, 15) is 4.79 Å². The molecule has 5 rings (SSSR count). The van der Waals surface area contributed by atoms with Gasteiger partial charge < -0.3 is 19.2 Å². The molecule has 3 aromatic rings. The number of methoxy groups -OCH3 is 2. The molecule has 1 saturated heterocycles. The number of fused-ring (bicyclic) bond motifs is 1. The average molecular weight is 481 g/mol. The Morgan fingerprint density at radius 2 is 1.85 bits per heavy atom. The lowest BCUT2D eigenvalue weighted by atomic mass is 9.87. The quantitative estimate of drug-likeness (QED) is 0.445. The molecule has 1 aromatic carbocycles. The number of para-hydroxylation sites is 1. The first-order valence-electron chi connectivity index (χ1n) is 12.2. The molecule has 2 aliphatic rings. The first-order chi connectivity index (χ1) is 16.7. The van der Waals surface area contributed by atoms with E-state index < -0.39 is 0 Å². The number of amides is 1. The van der Waals surface area contributed by atoms with Gasteiger partial charge >= 0.3 is 0 Å². The molecule has 0 bridgehead atoms. The minimum atomic E-state index is -0.208. The number of carbonyl (C=O) groups excluding carboxylic acids is 1. The fourth-order valence-corrected chi connectivity index (χ4v) is 6.70. The van der Waals surface area contributed by atoms with Crippen molar-refractivity contribution >= 4 is 22.2 Å². The highest BCUT2D eigenvalue weighted by molar-refractivity contribution is 7.16. The van der Waals surface area contributed by atoms with Crippen molar-refractivity contribution in [2.75, 3.05) is 32.6 Å². The number of thiophene rings is 1. The molecular formula is C27H32N2O4S. The number of hydrogen-bond acceptors (Lipinski definition) is 6. The molecule has 1 unspecified atom stereocenters. The number of nitrogens with zero attached hydrogens (tertiary/aromatic N) is 1. The van der Waals surface area contributed by atoms with E-state index in [1.165, 1.54) is 54.4 Å². The van der Waals surface area contributed by atoms with Gasteiger partial charge in [-0.1, -0.05) is 18.6 Å². The summed E-state index contributed by atoms with van der Waals surface area (Å²) in [6.45, 7) is 2.03. The molecule has 6 nitrogen and oxygen atoms in total. The Morgan fingerprint density at radius 3 is 2.59 bits per heavy atom. The van der Waals surface area contributed by atoms with Crippen LogP contribution in [0.2, 0.25) is 0 Å². The summed E-state index contributed by atoms with van der Waals surface area (Å²) in [5.41, 5.74) is 3.70. The third kappa shape index (κ3) is 4.34. The van der Waals surface area contributed by atoms with E-state index in [1.807, 2.05) is 12.1 Å². The molecule has 1 amide bonds. The summed E-state index contributed by atoms with van der Waals surface area (Å²) >= 11 is 1.73. The van der Waals surface area contributed by atoms with E-state index in [4.69, 9.17) is 13.9 Å². The minimum absolute atomic E-state index is 0.0182. The number of rotatable bonds is 7. The second-order valence-corrected chi connectivity index (χ2v) is 10.1. The Kier molecular flexibility index (Phi) is 6.92. The maximum Gasteiger partial charge on any atom is 0.291 e. The van der Waals surface area contributed by atoms with Crippen LogP contribution in [0, 0.1) is 0 Å². The van der Waals surface area contributed by atoms with Crippen molar-refractivity contribution in [3.63, 3.8) is 0 Å². The first-order valence-corrected chi connectivity index (χ1v) is 13.0. The Balaban J connectivity index is 1.67. The van der Waals surface area contributed by atoms with Crippen LogP contribution in [-0.4, -0.2) is 38.1 Å². The van der Waals surface area contributed by atoms with Crippen LogP contribution in [-0.2, 0) is 12.8 Å². The average Bonchev–Trinajstić information content (AvgIpc) is 3.54. The number of ether oxygens (including phenoxy) is 2. The Morgan fingerprint density at radius 1 is 1.03 bits per heavy atom. The fraction of sp³-hybridized carbons (Fsp3) is 0.444. The summed E-state index contributed by atoms with van der Waals surface area (Å²) < 4.78 is 17.0. The van der Waals surface area contributed by atoms with Gasteiger partial charge in [0.05, 0.1) is 26.5 Å². The van der Waals surface area contributed by atoms with E-state index in [-0.39, 0.29) is 11.9 Å². The van der Waals surface area contributed by atoms with Crippen molar-refractivity contribution in [2.45, 2.75) is 51.0 Å². The molecule has 1 aliphatic carbocycles. The second kappa shape index (κ2) is 10.2. The summed E-state index contributed by atoms with van der Waals surface area (Å²) in [6, 6.07) is 9.55. The highest BCUT2D eigenvalue weighted by Gasteiger charge is 2.35. The van der Waals surface area contributed by atoms with Gasteiger partial charge in [0.1, 0.15) is 5.00 Å². The van der Waals surface area contributed by atoms with Crippen LogP contribution < -0.4 is 14.8 Å². The summed E-state index contributed by atoms with van der Waals surface area (Å²) in [7, 11) is 3.39. The molecule has 0 spiro atoms. The van der Waals surface area contributed by atoms with Crippen molar-refractivity contribution in [3.05, 3.63) is 63.9 Å². The van der Waals surface area contributed by atoms with Gasteiger partial charge in [-0.2, -0.15) is 0 Å². The number of aryl methyl sites for hydroxylation is 1. The lowest BCUT2D eigenvalue weighted by Crippen LogP contribution is -2.35. The number of furan rings is 1. The van der Waals surface area contributed by atoms with E-state index in [1.54, 1.807) is 37.7 Å². The first kappa shape index (κ1) is 23.0. The molecule has 1 atom stereocenters. The zero-order valence-electron chi connectivity index (χ0n) is 19.9. The van der Waals surface area contributed by atoms with Crippen molar-refractivity contribution in [1.82, 2.24) is 4.90 Å². The summed E-state index contributed by atoms with van der Waals surface area (Å²) in [6.07, 6.45) is 9.58. The normalized spacial score (nSPS) is 17.1. The lowest BCUT2D eigenvalue weighted by molar-refractivity contribution is 0.0996. The molecule has 0 radical (unpaired) electrons. The Bertz CT molecular complexity index is 1130. The second-order valence-electron chi connectivity index (χ2n) is 8.97. The van der Waals surface area contributed by atoms with Gasteiger partial charge in [0.25, 0.3) is 5.91 Å². The van der Waals surface area contributed by atoms with Gasteiger partial charge in [-0.15, -0.1) is 11.3 Å². The molecule has 1 fully saturated rings. The molecule has 7 heteroatoms. The van der Waals surface area contributed by atoms with E-state index in [0.29, 0.717) is 5.76 Å². The third-order valence-electron chi connectivity index (χ3n) is 6.94. The molecule has 0 saturated carbocycles. The third-order valence-corrected chi connectivity index (χ3v) is 8.16. The van der Waals surface area contributed by atoms with Gasteiger partial charge in [-0.3, -0.25) is 9.69 Å². The number of benzene rings is 1. The van der Waals surface area contributed by atoms with Crippen molar-refractivity contribution < 1.29 is 18.7 Å². The van der Waals surface area contributed by atoms with Gasteiger partial charge in [0.15, 0.2) is 17.3 Å². The molecule has 34 heavy (non-hydrogen) atoms. The maximum absolute atomic E-state index is 13.0. The SMILES string of the molecule is COc1cccc(C(c2c(NC(=O)c3ccco3)sc3c2CCCC3)N2CCCCC2)c1OC. The number of likely N-dealkylation sites (tertiary alicyclic amines) is 1. The number of nitrogens with one attached hydrogen (secondary N) is 1. The van der Waals surface area contributed by atoms with Gasteiger partial charge in [0, 0.05) is 16.0 Å². The predicted molar refractivity (Wildman–Crippen MR) is 134 cm³/mol. The Hall–Kier alpha value is -2.77. The summed E-state index contributed by atoms with van der Waals surface area (Å²) in [5, 5.41) is 4.14. The van der Waals surface area contributed by atoms with Crippen LogP contribution in [0.5, 0.6) is 11.5 Å². The van der Waals surface area contributed by atoms with Crippen LogP contribution in [0.25, 0.3) is 0 Å². The number of anilines is 1. The maximum atomic E-state index is 13.0. The van der Waals surface area contributed by atoms with Gasteiger partial charge in [-0.05, 0) is 75.4 Å². The van der Waals surface area contributed by atoms with Gasteiger partial charge in [-0.25, -0.2) is 0 Å². The van der Waals surface area contributed by atoms with Crippen LogP contribution >= 0.6 is 11.3 Å². The van der Waals surface area contributed by atoms with Crippen LogP contribution in [0.4, 0.5) is 5.00 Å². The largest absolute Gasteiger partial charge is 0.493 e. The van der Waals surface area contributed by atoms with E-state index >= 15 is 0 Å². The highest BCUT2D eigenvalue weighted by Crippen LogP contribution is 2.49. The highest BCUT2D eigenvalue weighted by atomic mass is 32.1. The molecular weight excluding hydrogens is 448 g/mol. The van der Waals surface area contributed by atoms with Crippen LogP contribution in [0.3, 0.4) is 0 Å². The monoisotopic (exact) mass is 480 g/mol. The lowest BCUT2D eigenvalue weighted by Gasteiger charge is -2.37.